The van der Waals surface area contributed by atoms with Gasteiger partial charge in [-0.25, -0.2) is 19.2 Å². The van der Waals surface area contributed by atoms with Crippen molar-refractivity contribution in [3.8, 4) is 0 Å². The molecule has 0 spiro atoms. The van der Waals surface area contributed by atoms with E-state index in [9.17, 15) is 47.9 Å². The van der Waals surface area contributed by atoms with Crippen LogP contribution in [0.3, 0.4) is 0 Å². The summed E-state index contributed by atoms with van der Waals surface area (Å²) in [4.78, 5) is 142. The minimum Gasteiger partial charge on any atom is -0.467 e. The monoisotopic (exact) mass is 1070 g/mol. The number of likely N-dealkylation sites (N-methyl/N-ethyl adjacent to an activating group) is 2. The molecule has 0 bridgehead atoms. The molecule has 5 aliphatic rings. The van der Waals surface area contributed by atoms with E-state index in [1.54, 1.807) is 55.4 Å². The number of amides is 8. The first kappa shape index (κ1) is 61.2. The van der Waals surface area contributed by atoms with Crippen molar-refractivity contribution in [2.24, 2.45) is 23.7 Å². The summed E-state index contributed by atoms with van der Waals surface area (Å²) in [5.41, 5.74) is -1.58. The highest BCUT2D eigenvalue weighted by Crippen LogP contribution is 2.34. The van der Waals surface area contributed by atoms with E-state index in [0.29, 0.717) is 51.4 Å². The summed E-state index contributed by atoms with van der Waals surface area (Å²) in [6.45, 7) is 13.4. The Balaban J connectivity index is 1.19. The quantitative estimate of drug-likeness (QED) is 0.126. The zero-order valence-corrected chi connectivity index (χ0v) is 47.2. The predicted octanol–water partition coefficient (Wildman–Crippen LogP) is 3.95. The first-order valence-corrected chi connectivity index (χ1v) is 27.5. The number of nitrogens with one attached hydrogen (secondary N) is 4. The zero-order chi connectivity index (χ0) is 56.4. The highest BCUT2D eigenvalue weighted by atomic mass is 16.6. The largest absolute Gasteiger partial charge is 0.467 e. The van der Waals surface area contributed by atoms with Crippen molar-refractivity contribution in [3.05, 3.63) is 0 Å². The molecule has 2 heterocycles. The summed E-state index contributed by atoms with van der Waals surface area (Å²) in [5, 5.41) is 12.0. The molecule has 0 aromatic heterocycles. The summed E-state index contributed by atoms with van der Waals surface area (Å²) in [6.07, 6.45) is 8.47. The number of hydrogen-bond donors (Lipinski definition) is 4. The van der Waals surface area contributed by atoms with Gasteiger partial charge >= 0.3 is 24.1 Å². The van der Waals surface area contributed by atoms with Gasteiger partial charge in [-0.2, -0.15) is 0 Å². The topological polar surface area (TPSA) is 269 Å². The third kappa shape index (κ3) is 16.2. The van der Waals surface area contributed by atoms with Crippen LogP contribution in [0.5, 0.6) is 0 Å². The van der Waals surface area contributed by atoms with Gasteiger partial charge in [-0.05, 0) is 119 Å². The number of nitrogens with zero attached hydrogens (tertiary/aromatic N) is 4. The Bertz CT molecular complexity index is 1960. The molecular weight excluding hydrogens is 985 g/mol. The van der Waals surface area contributed by atoms with E-state index in [0.717, 1.165) is 38.5 Å². The average molecular weight is 1070 g/mol. The predicted molar refractivity (Wildman–Crippen MR) is 278 cm³/mol. The number of likely N-dealkylation sites (tertiary alicyclic amines) is 2. The van der Waals surface area contributed by atoms with Crippen molar-refractivity contribution in [2.75, 3.05) is 41.4 Å². The Hall–Kier alpha value is -5.70. The maximum Gasteiger partial charge on any atom is 0.410 e. The lowest BCUT2D eigenvalue weighted by Crippen LogP contribution is -2.58. The maximum atomic E-state index is 14.6. The van der Waals surface area contributed by atoms with Crippen LogP contribution in [0.25, 0.3) is 0 Å². The molecule has 22 heteroatoms. The van der Waals surface area contributed by atoms with E-state index in [1.165, 1.54) is 47.9 Å². The zero-order valence-electron chi connectivity index (χ0n) is 47.2. The van der Waals surface area contributed by atoms with Crippen molar-refractivity contribution < 1.29 is 66.9 Å². The second-order valence-corrected chi connectivity index (χ2v) is 23.8. The van der Waals surface area contributed by atoms with Gasteiger partial charge in [0.25, 0.3) is 0 Å². The lowest BCUT2D eigenvalue weighted by atomic mass is 9.81. The van der Waals surface area contributed by atoms with Gasteiger partial charge in [-0.15, -0.1) is 0 Å². The fourth-order valence-corrected chi connectivity index (χ4v) is 11.3. The van der Waals surface area contributed by atoms with E-state index < -0.39 is 119 Å². The number of rotatable bonds is 16. The van der Waals surface area contributed by atoms with Gasteiger partial charge in [0, 0.05) is 63.9 Å². The van der Waals surface area contributed by atoms with Crippen LogP contribution in [-0.2, 0) is 57.3 Å². The molecule has 2 aliphatic heterocycles. The Morgan fingerprint density at radius 2 is 0.816 bits per heavy atom. The minimum absolute atomic E-state index is 0.000360. The van der Waals surface area contributed by atoms with E-state index in [4.69, 9.17) is 18.9 Å². The standard InChI is InChI=1S/C54H88N8O14/c1-31(59(9)51(71)75-53(3,4)5)43(63)57-41(33-19-15-13-16-20-33)47(67)61-29-37(27-39(61)49(69)73-11)55-45(65)35-23-25-36(26-24-35)46(66)56-38-28-40(50(70)74-12)62(30-38)48(68)42(34-21-17-14-18-22-34)58-44(64)32(2)60(10)52(72)76-54(6,7)8/h31-42H,13-30H2,1-12H3,(H,55,65)(H,56,66)(H,57,63)(H,58,64)/t31-,32-,35?,36?,37-,38-,39-,40-,41-,42-/m0/s1. The van der Waals surface area contributed by atoms with Gasteiger partial charge in [0.05, 0.1) is 14.2 Å². The molecule has 0 unspecified atom stereocenters. The van der Waals surface area contributed by atoms with E-state index >= 15 is 0 Å². The summed E-state index contributed by atoms with van der Waals surface area (Å²) in [7, 11) is 5.37. The molecule has 3 saturated carbocycles. The first-order valence-electron chi connectivity index (χ1n) is 27.5. The molecule has 2 saturated heterocycles. The molecule has 22 nitrogen and oxygen atoms in total. The summed E-state index contributed by atoms with van der Waals surface area (Å²) in [5.74, 6) is -5.23. The molecule has 0 aromatic carbocycles. The number of esters is 2. The highest BCUT2D eigenvalue weighted by Gasteiger charge is 2.48. The van der Waals surface area contributed by atoms with E-state index in [1.807, 2.05) is 0 Å². The normalized spacial score (nSPS) is 25.1. The lowest BCUT2D eigenvalue weighted by Gasteiger charge is -2.35. The molecule has 3 aliphatic carbocycles. The first-order chi connectivity index (χ1) is 35.6. The van der Waals surface area contributed by atoms with Crippen LogP contribution in [-0.4, -0.2) is 180 Å². The molecular formula is C54H88N8O14. The summed E-state index contributed by atoms with van der Waals surface area (Å²) in [6, 6.07) is -7.21. The number of carbonyl (C=O) groups excluding carboxylic acids is 10. The smallest absolute Gasteiger partial charge is 0.410 e. The number of methoxy groups -OCH3 is 2. The third-order valence-electron chi connectivity index (χ3n) is 15.9. The van der Waals surface area contributed by atoms with Crippen molar-refractivity contribution in [2.45, 2.75) is 218 Å². The van der Waals surface area contributed by atoms with Crippen molar-refractivity contribution in [1.29, 1.82) is 0 Å². The lowest BCUT2D eigenvalue weighted by molar-refractivity contribution is -0.152. The van der Waals surface area contributed by atoms with Gasteiger partial charge in [0.1, 0.15) is 47.5 Å². The van der Waals surface area contributed by atoms with Crippen LogP contribution in [0.1, 0.15) is 158 Å². The summed E-state index contributed by atoms with van der Waals surface area (Å²) < 4.78 is 21.2. The van der Waals surface area contributed by atoms with Gasteiger partial charge in [0.2, 0.25) is 35.4 Å². The second-order valence-electron chi connectivity index (χ2n) is 23.8. The fourth-order valence-electron chi connectivity index (χ4n) is 11.3. The molecule has 0 radical (unpaired) electrons. The summed E-state index contributed by atoms with van der Waals surface area (Å²) >= 11 is 0. The van der Waals surface area contributed by atoms with Crippen molar-refractivity contribution in [3.63, 3.8) is 0 Å². The molecule has 4 N–H and O–H groups in total. The molecule has 8 atom stereocenters. The SMILES string of the molecule is COC(=O)[C@@H]1C[C@H](NC(=O)C2CCC(C(=O)N[C@H]3C[C@@H](C(=O)OC)N(C(=O)[C@@H](NC(=O)[C@H](C)N(C)C(=O)OC(C)(C)C)C4CCCCC4)C3)CC2)CN1C(=O)[C@@H](NC(=O)[C@H](C)N(C)C(=O)OC(C)(C)C)C1CCCCC1. The van der Waals surface area contributed by atoms with Crippen LogP contribution in [0.15, 0.2) is 0 Å². The number of carbonyl (C=O) groups is 10. The average Bonchev–Trinajstić information content (AvgIpc) is 4.01. The minimum atomic E-state index is -1.02. The highest BCUT2D eigenvalue weighted by molar-refractivity contribution is 5.95. The number of hydrogen-bond acceptors (Lipinski definition) is 14. The maximum absolute atomic E-state index is 14.6. The molecule has 0 aromatic rings. The van der Waals surface area contributed by atoms with Crippen LogP contribution >= 0.6 is 0 Å². The molecule has 428 valence electrons. The van der Waals surface area contributed by atoms with Crippen LogP contribution in [0.4, 0.5) is 9.59 Å². The Labute approximate surface area is 448 Å². The van der Waals surface area contributed by atoms with Crippen LogP contribution < -0.4 is 21.3 Å². The molecule has 76 heavy (non-hydrogen) atoms. The van der Waals surface area contributed by atoms with Crippen LogP contribution in [0.2, 0.25) is 0 Å². The molecule has 5 fully saturated rings. The Morgan fingerprint density at radius 1 is 0.500 bits per heavy atom. The van der Waals surface area contributed by atoms with E-state index in [2.05, 4.69) is 21.3 Å². The van der Waals surface area contributed by atoms with E-state index in [-0.39, 0.29) is 49.6 Å². The van der Waals surface area contributed by atoms with Crippen LogP contribution in [0, 0.1) is 23.7 Å². The second kappa shape index (κ2) is 26.6. The molecule has 5 rings (SSSR count). The van der Waals surface area contributed by atoms with Gasteiger partial charge in [-0.1, -0.05) is 38.5 Å². The number of ether oxygens (including phenoxy) is 4. The van der Waals surface area contributed by atoms with Gasteiger partial charge in [-0.3, -0.25) is 38.6 Å². The Morgan fingerprint density at radius 3 is 1.11 bits per heavy atom. The van der Waals surface area contributed by atoms with Crippen molar-refractivity contribution in [1.82, 2.24) is 40.9 Å². The Kier molecular flexibility index (Phi) is 21.4. The van der Waals surface area contributed by atoms with Gasteiger partial charge < -0.3 is 50.0 Å². The fraction of sp³-hybridized carbons (Fsp3) is 0.815. The van der Waals surface area contributed by atoms with Gasteiger partial charge in [0.15, 0.2) is 0 Å². The third-order valence-corrected chi connectivity index (χ3v) is 15.9. The molecule has 8 amide bonds. The van der Waals surface area contributed by atoms with Crippen molar-refractivity contribution >= 4 is 59.6 Å².